The molecule has 17 heavy (non-hydrogen) atoms. The lowest BCUT2D eigenvalue weighted by atomic mass is 10.1. The molecule has 0 atom stereocenters. The van der Waals surface area contributed by atoms with Gasteiger partial charge in [-0.3, -0.25) is 5.41 Å². The number of rotatable bonds is 3. The van der Waals surface area contributed by atoms with Crippen LogP contribution in [0.5, 0.6) is 0 Å². The number of benzene rings is 1. The van der Waals surface area contributed by atoms with E-state index in [9.17, 15) is 0 Å². The quantitative estimate of drug-likeness (QED) is 0.806. The maximum absolute atomic E-state index is 7.89. The summed E-state index contributed by atoms with van der Waals surface area (Å²) in [4.78, 5) is 5.14. The van der Waals surface area contributed by atoms with E-state index in [4.69, 9.17) is 11.1 Å². The van der Waals surface area contributed by atoms with E-state index < -0.39 is 0 Å². The van der Waals surface area contributed by atoms with E-state index >= 15 is 0 Å². The van der Waals surface area contributed by atoms with Crippen LogP contribution in [0.4, 0.5) is 0 Å². The van der Waals surface area contributed by atoms with Crippen molar-refractivity contribution in [1.29, 1.82) is 5.41 Å². The lowest BCUT2D eigenvalue weighted by Crippen LogP contribution is -2.14. The minimum absolute atomic E-state index is 0.159. The Kier molecular flexibility index (Phi) is 3.00. The van der Waals surface area contributed by atoms with Crippen LogP contribution in [0, 0.1) is 5.41 Å². The van der Waals surface area contributed by atoms with Crippen molar-refractivity contribution in [2.45, 2.75) is 36.8 Å². The highest BCUT2D eigenvalue weighted by molar-refractivity contribution is 8.00. The molecule has 0 saturated heterocycles. The van der Waals surface area contributed by atoms with Crippen molar-refractivity contribution in [3.8, 4) is 0 Å². The van der Waals surface area contributed by atoms with Gasteiger partial charge in [-0.25, -0.2) is 4.99 Å². The highest BCUT2D eigenvalue weighted by atomic mass is 32.2. The molecule has 1 aliphatic heterocycles. The van der Waals surface area contributed by atoms with Crippen LogP contribution >= 0.6 is 11.8 Å². The topological polar surface area (TPSA) is 62.2 Å². The summed E-state index contributed by atoms with van der Waals surface area (Å²) in [7, 11) is 0. The van der Waals surface area contributed by atoms with Crippen molar-refractivity contribution in [3.05, 3.63) is 29.3 Å². The molecule has 3 nitrogen and oxygen atoms in total. The largest absolute Gasteiger partial charge is 0.383 e. The molecule has 90 valence electrons. The standard InChI is InChI=1S/C13H17N3S/c1-4-13(2,3)17-9-7-5-6-8-10(9)12(15)16-11(8)14/h5-7H,4H2,1-3H3,(H3,14,15,16). The molecule has 0 unspecified atom stereocenters. The summed E-state index contributed by atoms with van der Waals surface area (Å²) in [6.45, 7) is 6.59. The third-order valence-electron chi connectivity index (χ3n) is 3.01. The van der Waals surface area contributed by atoms with Crippen LogP contribution in [-0.4, -0.2) is 16.4 Å². The zero-order valence-electron chi connectivity index (χ0n) is 10.4. The summed E-state index contributed by atoms with van der Waals surface area (Å²) < 4.78 is 0.159. The first kappa shape index (κ1) is 12.2. The first-order valence-corrected chi connectivity index (χ1v) is 6.52. The Hall–Kier alpha value is -1.29. The number of nitrogens with zero attached hydrogens (tertiary/aromatic N) is 1. The van der Waals surface area contributed by atoms with Crippen molar-refractivity contribution in [2.75, 3.05) is 0 Å². The SMILES string of the molecule is CCC(C)(C)Sc1cccc2c1C(=N)N=C2N. The molecule has 1 aliphatic rings. The molecule has 1 aromatic rings. The molecule has 1 heterocycles. The van der Waals surface area contributed by atoms with Gasteiger partial charge >= 0.3 is 0 Å². The molecule has 2 rings (SSSR count). The zero-order chi connectivity index (χ0) is 12.6. The Balaban J connectivity index is 2.43. The Morgan fingerprint density at radius 2 is 2.12 bits per heavy atom. The lowest BCUT2D eigenvalue weighted by Gasteiger charge is -2.23. The number of aliphatic imine (C=N–C) groups is 1. The van der Waals surface area contributed by atoms with Crippen molar-refractivity contribution in [2.24, 2.45) is 10.7 Å². The summed E-state index contributed by atoms with van der Waals surface area (Å²) in [6, 6.07) is 5.95. The van der Waals surface area contributed by atoms with Gasteiger partial charge in [0.2, 0.25) is 0 Å². The van der Waals surface area contributed by atoms with E-state index in [2.05, 4.69) is 25.8 Å². The molecule has 1 aromatic carbocycles. The molecule has 0 radical (unpaired) electrons. The van der Waals surface area contributed by atoms with E-state index in [1.165, 1.54) is 0 Å². The monoisotopic (exact) mass is 247 g/mol. The minimum atomic E-state index is 0.159. The summed E-state index contributed by atoms with van der Waals surface area (Å²) in [5.74, 6) is 0.745. The Morgan fingerprint density at radius 1 is 1.41 bits per heavy atom. The Morgan fingerprint density at radius 3 is 2.76 bits per heavy atom. The van der Waals surface area contributed by atoms with E-state index in [0.29, 0.717) is 5.84 Å². The fourth-order valence-corrected chi connectivity index (χ4v) is 2.88. The summed E-state index contributed by atoms with van der Waals surface area (Å²) in [6.07, 6.45) is 1.07. The number of nitrogens with one attached hydrogen (secondary N) is 1. The fourth-order valence-electron chi connectivity index (χ4n) is 1.68. The molecule has 0 spiro atoms. The van der Waals surface area contributed by atoms with Crippen molar-refractivity contribution >= 4 is 23.4 Å². The average Bonchev–Trinajstić information content (AvgIpc) is 2.55. The molecular weight excluding hydrogens is 230 g/mol. The van der Waals surface area contributed by atoms with Gasteiger partial charge < -0.3 is 5.73 Å². The maximum atomic E-state index is 7.89. The van der Waals surface area contributed by atoms with Crippen molar-refractivity contribution < 1.29 is 0 Å². The molecule has 0 fully saturated rings. The van der Waals surface area contributed by atoms with Crippen LogP contribution in [0.3, 0.4) is 0 Å². The highest BCUT2D eigenvalue weighted by Crippen LogP contribution is 2.38. The molecule has 0 aromatic heterocycles. The van der Waals surface area contributed by atoms with Gasteiger partial charge in [0.25, 0.3) is 0 Å². The summed E-state index contributed by atoms with van der Waals surface area (Å²) in [5, 5.41) is 7.89. The first-order chi connectivity index (χ1) is 7.94. The molecule has 3 N–H and O–H groups in total. The van der Waals surface area contributed by atoms with E-state index in [-0.39, 0.29) is 10.6 Å². The summed E-state index contributed by atoms with van der Waals surface area (Å²) in [5.41, 5.74) is 7.58. The van der Waals surface area contributed by atoms with Gasteiger partial charge in [-0.1, -0.05) is 32.9 Å². The third-order valence-corrected chi connectivity index (χ3v) is 4.41. The number of thioether (sulfide) groups is 1. The smallest absolute Gasteiger partial charge is 0.156 e. The predicted molar refractivity (Wildman–Crippen MR) is 74.2 cm³/mol. The van der Waals surface area contributed by atoms with Gasteiger partial charge in [0.05, 0.1) is 0 Å². The predicted octanol–water partition coefficient (Wildman–Crippen LogP) is 3.01. The minimum Gasteiger partial charge on any atom is -0.383 e. The average molecular weight is 247 g/mol. The van der Waals surface area contributed by atoms with E-state index in [1.54, 1.807) is 11.8 Å². The molecule has 0 saturated carbocycles. The van der Waals surface area contributed by atoms with Crippen LogP contribution in [0.25, 0.3) is 0 Å². The van der Waals surface area contributed by atoms with Gasteiger partial charge in [0, 0.05) is 20.8 Å². The second kappa shape index (κ2) is 4.18. The van der Waals surface area contributed by atoms with Crippen molar-refractivity contribution in [3.63, 3.8) is 0 Å². The molecule has 0 bridgehead atoms. The molecule has 0 aliphatic carbocycles. The number of amidine groups is 2. The first-order valence-electron chi connectivity index (χ1n) is 5.70. The molecule has 0 amide bonds. The Labute approximate surface area is 106 Å². The van der Waals surface area contributed by atoms with Gasteiger partial charge in [-0.2, -0.15) is 0 Å². The number of nitrogens with two attached hydrogens (primary N) is 1. The van der Waals surface area contributed by atoms with Crippen LogP contribution in [0.2, 0.25) is 0 Å². The van der Waals surface area contributed by atoms with Gasteiger partial charge in [0.1, 0.15) is 5.84 Å². The molecular formula is C13H17N3S. The zero-order valence-corrected chi connectivity index (χ0v) is 11.2. The number of fused-ring (bicyclic) bond motifs is 1. The van der Waals surface area contributed by atoms with Crippen LogP contribution in [-0.2, 0) is 0 Å². The van der Waals surface area contributed by atoms with E-state index in [1.807, 2.05) is 18.2 Å². The van der Waals surface area contributed by atoms with Gasteiger partial charge in [-0.15, -0.1) is 11.8 Å². The number of hydrogen-bond donors (Lipinski definition) is 2. The second-order valence-corrected chi connectivity index (χ2v) is 6.49. The number of hydrogen-bond acceptors (Lipinski definition) is 3. The highest BCUT2D eigenvalue weighted by Gasteiger charge is 2.25. The molecule has 4 heteroatoms. The van der Waals surface area contributed by atoms with Crippen molar-refractivity contribution in [1.82, 2.24) is 0 Å². The van der Waals surface area contributed by atoms with Gasteiger partial charge in [0.15, 0.2) is 5.84 Å². The lowest BCUT2D eigenvalue weighted by molar-refractivity contribution is 0.684. The maximum Gasteiger partial charge on any atom is 0.156 e. The van der Waals surface area contributed by atoms with Crippen LogP contribution in [0.1, 0.15) is 38.3 Å². The van der Waals surface area contributed by atoms with E-state index in [0.717, 1.165) is 22.4 Å². The second-order valence-electron chi connectivity index (χ2n) is 4.74. The fraction of sp³-hybridized carbons (Fsp3) is 0.385. The van der Waals surface area contributed by atoms with Crippen LogP contribution < -0.4 is 5.73 Å². The third kappa shape index (κ3) is 2.22. The Bertz CT molecular complexity index is 503. The summed E-state index contributed by atoms with van der Waals surface area (Å²) >= 11 is 1.79. The normalized spacial score (nSPS) is 14.8. The van der Waals surface area contributed by atoms with Gasteiger partial charge in [-0.05, 0) is 12.5 Å². The van der Waals surface area contributed by atoms with Crippen LogP contribution in [0.15, 0.2) is 28.1 Å².